The highest BCUT2D eigenvalue weighted by atomic mass is 79.9. The molecule has 2 fully saturated rings. The van der Waals surface area contributed by atoms with E-state index in [0.717, 1.165) is 30.7 Å². The van der Waals surface area contributed by atoms with Crippen molar-refractivity contribution in [2.75, 3.05) is 31.1 Å². The molecule has 6 heteroatoms. The fourth-order valence-corrected chi connectivity index (χ4v) is 5.37. The summed E-state index contributed by atoms with van der Waals surface area (Å²) in [7, 11) is 0. The number of rotatable bonds is 5. The van der Waals surface area contributed by atoms with E-state index < -0.39 is 0 Å². The van der Waals surface area contributed by atoms with Gasteiger partial charge in [-0.25, -0.2) is 4.90 Å². The average Bonchev–Trinajstić information content (AvgIpc) is 3.15. The fourth-order valence-electron chi connectivity index (χ4n) is 4.98. The van der Waals surface area contributed by atoms with E-state index in [9.17, 15) is 9.59 Å². The lowest BCUT2D eigenvalue weighted by molar-refractivity contribution is -0.123. The lowest BCUT2D eigenvalue weighted by Crippen LogP contribution is -2.53. The Kier molecular flexibility index (Phi) is 6.40. The molecule has 2 aliphatic rings. The summed E-state index contributed by atoms with van der Waals surface area (Å²) in [4.78, 5) is 32.0. The molecule has 33 heavy (non-hydrogen) atoms. The number of hydrogen-bond acceptors (Lipinski definition) is 4. The Hall–Kier alpha value is -2.80. The molecule has 2 amide bonds. The summed E-state index contributed by atoms with van der Waals surface area (Å²) in [5.74, 6) is -0.244. The first-order valence-corrected chi connectivity index (χ1v) is 12.1. The third-order valence-electron chi connectivity index (χ3n) is 6.57. The van der Waals surface area contributed by atoms with Crippen molar-refractivity contribution in [1.29, 1.82) is 0 Å². The molecule has 1 atom stereocenters. The molecule has 0 aromatic heterocycles. The van der Waals surface area contributed by atoms with Crippen LogP contribution in [0.5, 0.6) is 0 Å². The average molecular weight is 504 g/mol. The van der Waals surface area contributed by atoms with Crippen molar-refractivity contribution >= 4 is 33.4 Å². The van der Waals surface area contributed by atoms with E-state index in [2.05, 4.69) is 74.3 Å². The number of carbonyl (C=O) groups excluding carboxylic acids is 2. The predicted molar refractivity (Wildman–Crippen MR) is 133 cm³/mol. The molecule has 0 saturated carbocycles. The number of imide groups is 1. The second kappa shape index (κ2) is 9.59. The van der Waals surface area contributed by atoms with Crippen molar-refractivity contribution in [3.63, 3.8) is 0 Å². The van der Waals surface area contributed by atoms with Gasteiger partial charge in [0.1, 0.15) is 0 Å². The first kappa shape index (κ1) is 22.0. The van der Waals surface area contributed by atoms with Crippen LogP contribution in [0.2, 0.25) is 0 Å². The molecule has 5 rings (SSSR count). The van der Waals surface area contributed by atoms with E-state index >= 15 is 0 Å². The lowest BCUT2D eigenvalue weighted by atomic mass is 9.96. The minimum Gasteiger partial charge on any atom is -0.290 e. The zero-order chi connectivity index (χ0) is 22.8. The summed E-state index contributed by atoms with van der Waals surface area (Å²) in [6, 6.07) is 28.3. The summed E-state index contributed by atoms with van der Waals surface area (Å²) in [5, 5.41) is 0. The molecular formula is C27H26BrN3O2. The van der Waals surface area contributed by atoms with Crippen molar-refractivity contribution < 1.29 is 9.59 Å². The summed E-state index contributed by atoms with van der Waals surface area (Å²) in [5.41, 5.74) is 3.17. The minimum atomic E-state index is -0.384. The highest BCUT2D eigenvalue weighted by Gasteiger charge is 2.43. The van der Waals surface area contributed by atoms with Crippen LogP contribution in [-0.4, -0.2) is 53.8 Å². The number of anilines is 1. The zero-order valence-corrected chi connectivity index (χ0v) is 19.9. The Balaban J connectivity index is 1.31. The van der Waals surface area contributed by atoms with Gasteiger partial charge in [-0.15, -0.1) is 0 Å². The molecule has 5 nitrogen and oxygen atoms in total. The van der Waals surface area contributed by atoms with E-state index in [0.29, 0.717) is 5.69 Å². The second-order valence-electron chi connectivity index (χ2n) is 8.56. The van der Waals surface area contributed by atoms with Crippen LogP contribution in [0.15, 0.2) is 89.4 Å². The zero-order valence-electron chi connectivity index (χ0n) is 18.3. The normalized spacial score (nSPS) is 20.1. The highest BCUT2D eigenvalue weighted by Crippen LogP contribution is 2.32. The molecule has 2 saturated heterocycles. The summed E-state index contributed by atoms with van der Waals surface area (Å²) in [6.07, 6.45) is 0.242. The molecule has 3 aromatic rings. The quantitative estimate of drug-likeness (QED) is 0.481. The van der Waals surface area contributed by atoms with E-state index in [4.69, 9.17) is 0 Å². The number of nitrogens with zero attached hydrogens (tertiary/aromatic N) is 3. The summed E-state index contributed by atoms with van der Waals surface area (Å²) >= 11 is 3.43. The van der Waals surface area contributed by atoms with Crippen molar-refractivity contribution in [2.45, 2.75) is 18.5 Å². The van der Waals surface area contributed by atoms with Crippen LogP contribution in [0.3, 0.4) is 0 Å². The van der Waals surface area contributed by atoms with Gasteiger partial charge in [-0.1, -0.05) is 82.7 Å². The molecular weight excluding hydrogens is 478 g/mol. The van der Waals surface area contributed by atoms with Gasteiger partial charge in [0.15, 0.2) is 0 Å². The molecule has 0 spiro atoms. The molecule has 0 aliphatic carbocycles. The Morgan fingerprint density at radius 2 is 1.36 bits per heavy atom. The molecule has 1 unspecified atom stereocenters. The van der Waals surface area contributed by atoms with Crippen LogP contribution in [0.25, 0.3) is 0 Å². The van der Waals surface area contributed by atoms with E-state index in [1.165, 1.54) is 16.0 Å². The van der Waals surface area contributed by atoms with Crippen LogP contribution in [0.1, 0.15) is 23.6 Å². The van der Waals surface area contributed by atoms with Crippen molar-refractivity contribution in [2.24, 2.45) is 0 Å². The van der Waals surface area contributed by atoms with Crippen molar-refractivity contribution in [3.05, 3.63) is 101 Å². The molecule has 2 aliphatic heterocycles. The van der Waals surface area contributed by atoms with E-state index in [1.54, 1.807) is 0 Å². The number of halogens is 1. The lowest BCUT2D eigenvalue weighted by Gasteiger charge is -2.41. The first-order chi connectivity index (χ1) is 16.1. The predicted octanol–water partition coefficient (Wildman–Crippen LogP) is 4.49. The maximum Gasteiger partial charge on any atom is 0.251 e. The number of hydrogen-bond donors (Lipinski definition) is 0. The van der Waals surface area contributed by atoms with Gasteiger partial charge in [0.25, 0.3) is 5.91 Å². The van der Waals surface area contributed by atoms with Crippen LogP contribution in [-0.2, 0) is 9.59 Å². The molecule has 0 N–H and O–H groups in total. The number of piperazine rings is 1. The van der Waals surface area contributed by atoms with Gasteiger partial charge in [0, 0.05) is 30.7 Å². The highest BCUT2D eigenvalue weighted by molar-refractivity contribution is 9.10. The molecule has 0 bridgehead atoms. The Bertz CT molecular complexity index is 1090. The van der Waals surface area contributed by atoms with Crippen molar-refractivity contribution in [1.82, 2.24) is 9.80 Å². The molecule has 0 radical (unpaired) electrons. The van der Waals surface area contributed by atoms with Gasteiger partial charge < -0.3 is 0 Å². The largest absolute Gasteiger partial charge is 0.290 e. The first-order valence-electron chi connectivity index (χ1n) is 11.3. The van der Waals surface area contributed by atoms with Crippen molar-refractivity contribution in [3.8, 4) is 0 Å². The monoisotopic (exact) mass is 503 g/mol. The van der Waals surface area contributed by atoms with Crippen LogP contribution < -0.4 is 4.90 Å². The topological polar surface area (TPSA) is 43.9 Å². The standard InChI is InChI=1S/C27H26BrN3O2/c28-22-12-7-13-23(18-22)31-25(32)19-24(27(31)33)29-14-16-30(17-15-29)26(20-8-3-1-4-9-20)21-10-5-2-6-11-21/h1-13,18,24,26H,14-17,19H2. The van der Waals surface area contributed by atoms with Gasteiger partial charge in [0.05, 0.1) is 24.2 Å². The second-order valence-corrected chi connectivity index (χ2v) is 9.48. The molecule has 2 heterocycles. The van der Waals surface area contributed by atoms with Gasteiger partial charge in [-0.3, -0.25) is 19.4 Å². The van der Waals surface area contributed by atoms with E-state index in [1.807, 2.05) is 36.4 Å². The van der Waals surface area contributed by atoms with Crippen LogP contribution in [0, 0.1) is 0 Å². The van der Waals surface area contributed by atoms with Gasteiger partial charge in [0.2, 0.25) is 5.91 Å². The van der Waals surface area contributed by atoms with Gasteiger partial charge in [-0.2, -0.15) is 0 Å². The third kappa shape index (κ3) is 4.51. The van der Waals surface area contributed by atoms with E-state index in [-0.39, 0.29) is 30.3 Å². The molecule has 168 valence electrons. The Labute approximate surface area is 202 Å². The fraction of sp³-hybridized carbons (Fsp3) is 0.259. The minimum absolute atomic E-state index is 0.116. The summed E-state index contributed by atoms with van der Waals surface area (Å²) < 4.78 is 0.852. The van der Waals surface area contributed by atoms with Gasteiger partial charge in [-0.05, 0) is 29.3 Å². The SMILES string of the molecule is O=C1CC(N2CCN(C(c3ccccc3)c3ccccc3)CC2)C(=O)N1c1cccc(Br)c1. The maximum atomic E-state index is 13.2. The number of carbonyl (C=O) groups is 2. The van der Waals surface area contributed by atoms with Crippen LogP contribution in [0.4, 0.5) is 5.69 Å². The smallest absolute Gasteiger partial charge is 0.251 e. The Morgan fingerprint density at radius 1 is 0.758 bits per heavy atom. The number of benzene rings is 3. The maximum absolute atomic E-state index is 13.2. The Morgan fingerprint density at radius 3 is 1.94 bits per heavy atom. The number of amides is 2. The molecule has 3 aromatic carbocycles. The summed E-state index contributed by atoms with van der Waals surface area (Å²) in [6.45, 7) is 3.19. The van der Waals surface area contributed by atoms with Gasteiger partial charge >= 0.3 is 0 Å². The van der Waals surface area contributed by atoms with Crippen LogP contribution >= 0.6 is 15.9 Å². The third-order valence-corrected chi connectivity index (χ3v) is 7.07.